The van der Waals surface area contributed by atoms with Crippen molar-refractivity contribution in [1.29, 1.82) is 0 Å². The zero-order chi connectivity index (χ0) is 18.5. The van der Waals surface area contributed by atoms with Gasteiger partial charge < -0.3 is 29.0 Å². The Labute approximate surface area is 154 Å². The van der Waals surface area contributed by atoms with Crippen LogP contribution in [0.5, 0.6) is 28.7 Å². The summed E-state index contributed by atoms with van der Waals surface area (Å²) in [4.78, 5) is 12.9. The van der Waals surface area contributed by atoms with E-state index < -0.39 is 0 Å². The van der Waals surface area contributed by atoms with Crippen LogP contribution in [0.25, 0.3) is 21.9 Å². The van der Waals surface area contributed by atoms with Crippen molar-refractivity contribution in [1.82, 2.24) is 0 Å². The van der Waals surface area contributed by atoms with Crippen molar-refractivity contribution in [3.05, 3.63) is 36.4 Å². The first-order valence-corrected chi connectivity index (χ1v) is 8.34. The number of phenols is 1. The number of ether oxygens (including phenoxy) is 4. The maximum absolute atomic E-state index is 11.4. The van der Waals surface area contributed by atoms with Gasteiger partial charge in [0.2, 0.25) is 25.7 Å². The van der Waals surface area contributed by atoms with Gasteiger partial charge in [0, 0.05) is 18.0 Å². The smallest absolute Gasteiger partial charge is 0.231 e. The molecular weight excluding hydrogens is 350 g/mol. The number of fused-ring (bicyclic) bond motifs is 3. The van der Waals surface area contributed by atoms with Gasteiger partial charge in [-0.3, -0.25) is 4.79 Å². The van der Waals surface area contributed by atoms with Gasteiger partial charge in [0.1, 0.15) is 0 Å². The number of nitrogens with zero attached hydrogens (tertiary/aromatic N) is 1. The van der Waals surface area contributed by atoms with Gasteiger partial charge in [-0.25, -0.2) is 0 Å². The van der Waals surface area contributed by atoms with E-state index in [1.807, 2.05) is 24.3 Å². The summed E-state index contributed by atoms with van der Waals surface area (Å²) in [6.07, 6.45) is 0.724. The summed E-state index contributed by atoms with van der Waals surface area (Å²) in [5, 5.41) is 12.3. The molecule has 2 aliphatic heterocycles. The molecule has 0 bridgehead atoms. The molecule has 7 nitrogen and oxygen atoms in total. The predicted molar refractivity (Wildman–Crippen MR) is 97.8 cm³/mol. The van der Waals surface area contributed by atoms with Gasteiger partial charge >= 0.3 is 0 Å². The number of benzene rings is 3. The number of aromatic hydroxyl groups is 1. The van der Waals surface area contributed by atoms with Gasteiger partial charge in [-0.1, -0.05) is 12.1 Å². The van der Waals surface area contributed by atoms with Crippen LogP contribution in [0.2, 0.25) is 0 Å². The second kappa shape index (κ2) is 5.70. The molecule has 2 heterocycles. The highest BCUT2D eigenvalue weighted by molar-refractivity contribution is 6.05. The average Bonchev–Trinajstić information content (AvgIpc) is 3.34. The van der Waals surface area contributed by atoms with Crippen molar-refractivity contribution in [3.8, 4) is 39.9 Å². The number of phenolic OH excluding ortho intramolecular Hbond substituents is 1. The molecule has 0 radical (unpaired) electrons. The molecule has 1 amide bonds. The third kappa shape index (κ3) is 2.25. The normalized spacial score (nSPS) is 13.8. The van der Waals surface area contributed by atoms with Crippen molar-refractivity contribution in [2.45, 2.75) is 0 Å². The van der Waals surface area contributed by atoms with Gasteiger partial charge in [-0.2, -0.15) is 0 Å². The number of rotatable bonds is 3. The first-order chi connectivity index (χ1) is 13.2. The fourth-order valence-corrected chi connectivity index (χ4v) is 3.49. The molecule has 27 heavy (non-hydrogen) atoms. The lowest BCUT2D eigenvalue weighted by molar-refractivity contribution is -0.107. The number of hydrogen-bond acceptors (Lipinski definition) is 6. The molecule has 1 N–H and O–H groups in total. The van der Waals surface area contributed by atoms with E-state index in [1.54, 1.807) is 19.2 Å². The molecule has 5 rings (SSSR count). The molecule has 3 aromatic carbocycles. The monoisotopic (exact) mass is 365 g/mol. The van der Waals surface area contributed by atoms with Crippen LogP contribution in [-0.4, -0.2) is 32.2 Å². The summed E-state index contributed by atoms with van der Waals surface area (Å²) >= 11 is 0. The molecular formula is C20H15NO6. The summed E-state index contributed by atoms with van der Waals surface area (Å²) in [5.74, 6) is 2.01. The van der Waals surface area contributed by atoms with E-state index in [0.29, 0.717) is 34.2 Å². The number of amides is 1. The van der Waals surface area contributed by atoms with Crippen LogP contribution >= 0.6 is 0 Å². The van der Waals surface area contributed by atoms with E-state index >= 15 is 0 Å². The van der Waals surface area contributed by atoms with E-state index in [-0.39, 0.29) is 19.3 Å². The molecule has 136 valence electrons. The second-order valence-electron chi connectivity index (χ2n) is 6.31. The van der Waals surface area contributed by atoms with Crippen LogP contribution in [0.3, 0.4) is 0 Å². The van der Waals surface area contributed by atoms with Crippen LogP contribution in [0.4, 0.5) is 5.69 Å². The van der Waals surface area contributed by atoms with Crippen molar-refractivity contribution < 1.29 is 28.8 Å². The van der Waals surface area contributed by atoms with Crippen LogP contribution < -0.4 is 23.8 Å². The molecule has 0 fully saturated rings. The summed E-state index contributed by atoms with van der Waals surface area (Å²) in [5.41, 5.74) is 2.01. The lowest BCUT2D eigenvalue weighted by atomic mass is 9.98. The molecule has 0 aromatic heterocycles. The van der Waals surface area contributed by atoms with Crippen molar-refractivity contribution >= 4 is 22.9 Å². The maximum atomic E-state index is 11.4. The van der Waals surface area contributed by atoms with Gasteiger partial charge in [-0.15, -0.1) is 0 Å². The van der Waals surface area contributed by atoms with Gasteiger partial charge in [-0.05, 0) is 35.2 Å². The van der Waals surface area contributed by atoms with Crippen molar-refractivity contribution in [2.75, 3.05) is 25.5 Å². The first-order valence-electron chi connectivity index (χ1n) is 8.34. The molecule has 3 aromatic rings. The highest BCUT2D eigenvalue weighted by Crippen LogP contribution is 2.49. The van der Waals surface area contributed by atoms with Crippen LogP contribution in [0.1, 0.15) is 0 Å². The molecule has 2 aliphatic rings. The quantitative estimate of drug-likeness (QED) is 0.718. The Bertz CT molecular complexity index is 1090. The minimum atomic E-state index is 0.0235. The van der Waals surface area contributed by atoms with E-state index in [2.05, 4.69) is 0 Å². The standard InChI is InChI=1S/C20H15NO6/c1-21(8-22)17-14-6-11(2-3-12(14)7-16-19(17)26-10-25-16)13-4-5-15-20(18(13)23)27-9-24-15/h2-8,23H,9-10H2,1H3. The molecule has 0 saturated heterocycles. The van der Waals surface area contributed by atoms with Crippen LogP contribution in [0.15, 0.2) is 36.4 Å². The SMILES string of the molecule is CN(C=O)c1c2c(cc3ccc(-c4ccc5c(c4O)OCO5)cc13)OCO2. The van der Waals surface area contributed by atoms with Gasteiger partial charge in [0.15, 0.2) is 23.0 Å². The largest absolute Gasteiger partial charge is 0.504 e. The lowest BCUT2D eigenvalue weighted by Crippen LogP contribution is -2.14. The molecule has 0 aliphatic carbocycles. The van der Waals surface area contributed by atoms with Crippen molar-refractivity contribution in [3.63, 3.8) is 0 Å². The Kier molecular flexibility index (Phi) is 3.30. The van der Waals surface area contributed by atoms with E-state index in [9.17, 15) is 9.90 Å². The number of anilines is 1. The Morgan fingerprint density at radius 1 is 0.963 bits per heavy atom. The van der Waals surface area contributed by atoms with E-state index in [1.165, 1.54) is 4.90 Å². The fourth-order valence-electron chi connectivity index (χ4n) is 3.49. The number of hydrogen-bond donors (Lipinski definition) is 1. The minimum absolute atomic E-state index is 0.0235. The van der Waals surface area contributed by atoms with Gasteiger partial charge in [0.05, 0.1) is 5.69 Å². The fraction of sp³-hybridized carbons (Fsp3) is 0.150. The minimum Gasteiger partial charge on any atom is -0.504 e. The van der Waals surface area contributed by atoms with Crippen LogP contribution in [0, 0.1) is 0 Å². The van der Waals surface area contributed by atoms with Gasteiger partial charge in [0.25, 0.3) is 0 Å². The topological polar surface area (TPSA) is 77.5 Å². The Hall–Kier alpha value is -3.61. The highest BCUT2D eigenvalue weighted by atomic mass is 16.7. The first kappa shape index (κ1) is 15.6. The zero-order valence-corrected chi connectivity index (χ0v) is 14.4. The Balaban J connectivity index is 1.75. The third-order valence-corrected chi connectivity index (χ3v) is 4.79. The highest BCUT2D eigenvalue weighted by Gasteiger charge is 2.25. The summed E-state index contributed by atoms with van der Waals surface area (Å²) < 4.78 is 21.7. The zero-order valence-electron chi connectivity index (χ0n) is 14.4. The Morgan fingerprint density at radius 3 is 2.56 bits per heavy atom. The van der Waals surface area contributed by atoms with E-state index in [0.717, 1.165) is 22.7 Å². The molecule has 7 heteroatoms. The van der Waals surface area contributed by atoms with Crippen molar-refractivity contribution in [2.24, 2.45) is 0 Å². The summed E-state index contributed by atoms with van der Waals surface area (Å²) in [6.45, 7) is 0.197. The number of carbonyl (C=O) groups excluding carboxylic acids is 1. The molecule has 0 spiro atoms. The van der Waals surface area contributed by atoms with E-state index in [4.69, 9.17) is 18.9 Å². The lowest BCUT2D eigenvalue weighted by Gasteiger charge is -2.17. The third-order valence-electron chi connectivity index (χ3n) is 4.79. The second-order valence-corrected chi connectivity index (χ2v) is 6.31. The predicted octanol–water partition coefficient (Wildman–Crippen LogP) is 3.26. The summed E-state index contributed by atoms with van der Waals surface area (Å²) in [6, 6.07) is 11.1. The molecule has 0 saturated carbocycles. The number of carbonyl (C=O) groups is 1. The molecule has 0 unspecified atom stereocenters. The molecule has 0 atom stereocenters. The van der Waals surface area contributed by atoms with Crippen LogP contribution in [-0.2, 0) is 4.79 Å². The Morgan fingerprint density at radius 2 is 1.74 bits per heavy atom. The summed E-state index contributed by atoms with van der Waals surface area (Å²) in [7, 11) is 1.66. The maximum Gasteiger partial charge on any atom is 0.231 e. The average molecular weight is 365 g/mol.